The Hall–Kier alpha value is -2.78. The van der Waals surface area contributed by atoms with Crippen molar-refractivity contribution in [1.29, 1.82) is 0 Å². The van der Waals surface area contributed by atoms with Crippen molar-refractivity contribution in [2.45, 2.75) is 25.9 Å². The summed E-state index contributed by atoms with van der Waals surface area (Å²) in [6.45, 7) is 2.43. The highest BCUT2D eigenvalue weighted by Crippen LogP contribution is 2.22. The molecule has 3 rings (SSSR count). The molecule has 32 heavy (non-hydrogen) atoms. The molecule has 1 saturated heterocycles. The summed E-state index contributed by atoms with van der Waals surface area (Å²) in [6, 6.07) is 14.7. The highest BCUT2D eigenvalue weighted by Gasteiger charge is 2.27. The van der Waals surface area contributed by atoms with Crippen molar-refractivity contribution in [2.24, 2.45) is 0 Å². The number of nitrogens with one attached hydrogen (secondary N) is 1. The van der Waals surface area contributed by atoms with Gasteiger partial charge in [0, 0.05) is 38.9 Å². The van der Waals surface area contributed by atoms with Gasteiger partial charge in [0.1, 0.15) is 6.61 Å². The molecular weight excluding hydrogens is 423 g/mol. The lowest BCUT2D eigenvalue weighted by molar-refractivity contribution is -0.176. The maximum atomic E-state index is 12.6. The molecule has 0 bridgehead atoms. The first-order chi connectivity index (χ1) is 15.3. The first-order valence-corrected chi connectivity index (χ1v) is 10.4. The van der Waals surface area contributed by atoms with Crippen molar-refractivity contribution < 1.29 is 27.4 Å². The summed E-state index contributed by atoms with van der Waals surface area (Å²) in [6.07, 6.45) is -4.33. The second-order valence-corrected chi connectivity index (χ2v) is 7.67. The first kappa shape index (κ1) is 23.9. The summed E-state index contributed by atoms with van der Waals surface area (Å²) >= 11 is 0. The Morgan fingerprint density at radius 3 is 2.44 bits per heavy atom. The second kappa shape index (κ2) is 11.2. The van der Waals surface area contributed by atoms with Gasteiger partial charge in [-0.3, -0.25) is 0 Å². The zero-order valence-corrected chi connectivity index (χ0v) is 18.0. The molecule has 9 heteroatoms. The van der Waals surface area contributed by atoms with E-state index >= 15 is 0 Å². The molecule has 0 atom stereocenters. The van der Waals surface area contributed by atoms with E-state index in [1.54, 1.807) is 36.2 Å². The lowest BCUT2D eigenvalue weighted by Gasteiger charge is -2.31. The standard InChI is InChI=1S/C23H28F3N3O3/c1-28(15-20-4-2-3-5-21(20)29-10-12-31-13-11-29)22(30)27-14-18-6-8-19(9-7-18)16-32-17-23(24,25)26/h2-9H,10-17H2,1H3,(H,27,30). The van der Waals surface area contributed by atoms with Gasteiger partial charge in [0.2, 0.25) is 0 Å². The number of amides is 2. The van der Waals surface area contributed by atoms with E-state index in [0.29, 0.717) is 31.9 Å². The van der Waals surface area contributed by atoms with Gasteiger partial charge in [-0.2, -0.15) is 13.2 Å². The van der Waals surface area contributed by atoms with Crippen molar-refractivity contribution in [3.05, 3.63) is 65.2 Å². The molecule has 0 saturated carbocycles. The summed E-state index contributed by atoms with van der Waals surface area (Å²) in [5, 5.41) is 2.87. The number of carbonyl (C=O) groups excluding carboxylic acids is 1. The molecule has 1 fully saturated rings. The van der Waals surface area contributed by atoms with Gasteiger partial charge in [-0.15, -0.1) is 0 Å². The number of rotatable bonds is 8. The summed E-state index contributed by atoms with van der Waals surface area (Å²) in [7, 11) is 1.74. The van der Waals surface area contributed by atoms with Gasteiger partial charge >= 0.3 is 12.2 Å². The minimum absolute atomic E-state index is 0.114. The van der Waals surface area contributed by atoms with E-state index in [0.717, 1.165) is 29.9 Å². The Labute approximate surface area is 185 Å². The third-order valence-electron chi connectivity index (χ3n) is 5.10. The van der Waals surface area contributed by atoms with Gasteiger partial charge in [-0.05, 0) is 22.8 Å². The van der Waals surface area contributed by atoms with Crippen LogP contribution in [0.25, 0.3) is 0 Å². The van der Waals surface area contributed by atoms with Gasteiger partial charge < -0.3 is 24.6 Å². The van der Waals surface area contributed by atoms with E-state index in [2.05, 4.69) is 21.0 Å². The van der Waals surface area contributed by atoms with E-state index in [-0.39, 0.29) is 12.6 Å². The fourth-order valence-electron chi connectivity index (χ4n) is 3.44. The number of halogens is 3. The number of para-hydroxylation sites is 1. The number of nitrogens with zero attached hydrogens (tertiary/aromatic N) is 2. The average Bonchev–Trinajstić information content (AvgIpc) is 2.78. The number of urea groups is 1. The molecule has 2 amide bonds. The third kappa shape index (κ3) is 7.42. The highest BCUT2D eigenvalue weighted by molar-refractivity contribution is 5.74. The van der Waals surface area contributed by atoms with Crippen LogP contribution in [0.4, 0.5) is 23.7 Å². The van der Waals surface area contributed by atoms with E-state index < -0.39 is 12.8 Å². The average molecular weight is 451 g/mol. The maximum absolute atomic E-state index is 12.6. The minimum atomic E-state index is -4.33. The lowest BCUT2D eigenvalue weighted by Crippen LogP contribution is -2.39. The molecule has 2 aromatic rings. The Balaban J connectivity index is 1.48. The van der Waals surface area contributed by atoms with E-state index in [9.17, 15) is 18.0 Å². The van der Waals surface area contributed by atoms with Crippen molar-refractivity contribution in [1.82, 2.24) is 10.2 Å². The van der Waals surface area contributed by atoms with Crippen LogP contribution >= 0.6 is 0 Å². The van der Waals surface area contributed by atoms with Crippen molar-refractivity contribution in [3.8, 4) is 0 Å². The SMILES string of the molecule is CN(Cc1ccccc1N1CCOCC1)C(=O)NCc1ccc(COCC(F)(F)F)cc1. The Kier molecular flexibility index (Phi) is 8.35. The van der Waals surface area contributed by atoms with Crippen LogP contribution in [0.2, 0.25) is 0 Å². The molecule has 1 N–H and O–H groups in total. The minimum Gasteiger partial charge on any atom is -0.378 e. The molecule has 1 heterocycles. The number of morpholine rings is 1. The predicted molar refractivity (Wildman–Crippen MR) is 115 cm³/mol. The van der Waals surface area contributed by atoms with Crippen LogP contribution < -0.4 is 10.2 Å². The molecule has 1 aliphatic rings. The van der Waals surface area contributed by atoms with Crippen LogP contribution in [-0.2, 0) is 29.2 Å². The molecular formula is C23H28F3N3O3. The Morgan fingerprint density at radius 2 is 1.75 bits per heavy atom. The number of alkyl halides is 3. The van der Waals surface area contributed by atoms with E-state index in [1.807, 2.05) is 18.2 Å². The molecule has 0 unspecified atom stereocenters. The van der Waals surface area contributed by atoms with Crippen molar-refractivity contribution in [3.63, 3.8) is 0 Å². The van der Waals surface area contributed by atoms with Gasteiger partial charge in [-0.1, -0.05) is 42.5 Å². The van der Waals surface area contributed by atoms with Crippen LogP contribution in [0, 0.1) is 0 Å². The Bertz CT molecular complexity index is 869. The number of ether oxygens (including phenoxy) is 2. The Morgan fingerprint density at radius 1 is 1.09 bits per heavy atom. The first-order valence-electron chi connectivity index (χ1n) is 10.4. The van der Waals surface area contributed by atoms with Crippen LogP contribution in [0.5, 0.6) is 0 Å². The number of anilines is 1. The summed E-state index contributed by atoms with van der Waals surface area (Å²) in [4.78, 5) is 16.5. The summed E-state index contributed by atoms with van der Waals surface area (Å²) < 4.78 is 46.5. The molecule has 6 nitrogen and oxygen atoms in total. The second-order valence-electron chi connectivity index (χ2n) is 7.67. The number of carbonyl (C=O) groups is 1. The van der Waals surface area contributed by atoms with E-state index in [1.165, 1.54) is 0 Å². The smallest absolute Gasteiger partial charge is 0.378 e. The molecule has 174 valence electrons. The third-order valence-corrected chi connectivity index (χ3v) is 5.10. The number of hydrogen-bond acceptors (Lipinski definition) is 4. The van der Waals surface area contributed by atoms with Crippen LogP contribution in [0.3, 0.4) is 0 Å². The lowest BCUT2D eigenvalue weighted by atomic mass is 10.1. The molecule has 2 aromatic carbocycles. The van der Waals surface area contributed by atoms with Gasteiger partial charge in [0.25, 0.3) is 0 Å². The van der Waals surface area contributed by atoms with Gasteiger partial charge in [0.15, 0.2) is 0 Å². The van der Waals surface area contributed by atoms with Gasteiger partial charge in [-0.25, -0.2) is 4.79 Å². The monoisotopic (exact) mass is 451 g/mol. The highest BCUT2D eigenvalue weighted by atomic mass is 19.4. The molecule has 0 spiro atoms. The zero-order chi connectivity index (χ0) is 23.0. The van der Waals surface area contributed by atoms with E-state index in [4.69, 9.17) is 4.74 Å². The van der Waals surface area contributed by atoms with Crippen LogP contribution in [-0.4, -0.2) is 57.1 Å². The summed E-state index contributed by atoms with van der Waals surface area (Å²) in [5.74, 6) is 0. The van der Waals surface area contributed by atoms with Crippen molar-refractivity contribution in [2.75, 3.05) is 44.9 Å². The molecule has 0 aliphatic carbocycles. The largest absolute Gasteiger partial charge is 0.411 e. The predicted octanol–water partition coefficient (Wildman–Crippen LogP) is 3.94. The van der Waals surface area contributed by atoms with Gasteiger partial charge in [0.05, 0.1) is 19.8 Å². The fourth-order valence-corrected chi connectivity index (χ4v) is 3.44. The quantitative estimate of drug-likeness (QED) is 0.661. The number of hydrogen-bond donors (Lipinski definition) is 1. The summed E-state index contributed by atoms with van der Waals surface area (Å²) in [5.41, 5.74) is 3.66. The molecule has 1 aliphatic heterocycles. The molecule has 0 radical (unpaired) electrons. The normalized spacial score (nSPS) is 14.3. The van der Waals surface area contributed by atoms with Crippen LogP contribution in [0.15, 0.2) is 48.5 Å². The van der Waals surface area contributed by atoms with Crippen LogP contribution in [0.1, 0.15) is 16.7 Å². The fraction of sp³-hybridized carbons (Fsp3) is 0.435. The maximum Gasteiger partial charge on any atom is 0.411 e. The number of benzene rings is 2. The van der Waals surface area contributed by atoms with Crippen molar-refractivity contribution >= 4 is 11.7 Å². The topological polar surface area (TPSA) is 54.0 Å². The zero-order valence-electron chi connectivity index (χ0n) is 18.0. The molecule has 0 aromatic heterocycles.